The van der Waals surface area contributed by atoms with Crippen molar-refractivity contribution in [2.24, 2.45) is 17.3 Å². The van der Waals surface area contributed by atoms with Crippen LogP contribution in [0.4, 0.5) is 0 Å². The standard InChI is InChI=1S/C12H24N2/c1-6-12(4,5)9-14-8-11(7-13)10(2)3/h10-11,14H,6,8-9H2,1-5H3. The summed E-state index contributed by atoms with van der Waals surface area (Å²) in [6.07, 6.45) is 1.17. The molecule has 1 N–H and O–H groups in total. The minimum atomic E-state index is 0.141. The zero-order valence-corrected chi connectivity index (χ0v) is 10.2. The highest BCUT2D eigenvalue weighted by Gasteiger charge is 2.16. The number of hydrogen-bond acceptors (Lipinski definition) is 2. The van der Waals surface area contributed by atoms with E-state index in [1.165, 1.54) is 6.42 Å². The number of rotatable bonds is 6. The molecule has 0 heterocycles. The molecule has 0 aromatic carbocycles. The van der Waals surface area contributed by atoms with Crippen molar-refractivity contribution in [2.45, 2.75) is 41.0 Å². The maximum atomic E-state index is 8.89. The third kappa shape index (κ3) is 5.24. The average Bonchev–Trinajstić information content (AvgIpc) is 2.12. The molecule has 0 fully saturated rings. The van der Waals surface area contributed by atoms with Crippen LogP contribution in [-0.4, -0.2) is 13.1 Å². The summed E-state index contributed by atoms with van der Waals surface area (Å²) >= 11 is 0. The molecule has 0 aromatic heterocycles. The first-order valence-corrected chi connectivity index (χ1v) is 5.53. The van der Waals surface area contributed by atoms with E-state index in [1.54, 1.807) is 0 Å². The van der Waals surface area contributed by atoms with E-state index >= 15 is 0 Å². The van der Waals surface area contributed by atoms with Crippen LogP contribution in [0.3, 0.4) is 0 Å². The van der Waals surface area contributed by atoms with Gasteiger partial charge in [0.05, 0.1) is 12.0 Å². The molecule has 0 aliphatic rings. The van der Waals surface area contributed by atoms with Crippen molar-refractivity contribution in [1.82, 2.24) is 5.32 Å². The van der Waals surface area contributed by atoms with Crippen molar-refractivity contribution in [3.05, 3.63) is 0 Å². The monoisotopic (exact) mass is 196 g/mol. The Bertz CT molecular complexity index is 189. The lowest BCUT2D eigenvalue weighted by Crippen LogP contribution is -2.33. The van der Waals surface area contributed by atoms with Gasteiger partial charge in [0.15, 0.2) is 0 Å². The summed E-state index contributed by atoms with van der Waals surface area (Å²) in [6, 6.07) is 2.34. The molecule has 0 saturated carbocycles. The number of nitrogens with one attached hydrogen (secondary N) is 1. The minimum absolute atomic E-state index is 0.141. The summed E-state index contributed by atoms with van der Waals surface area (Å²) < 4.78 is 0. The second-order valence-corrected chi connectivity index (χ2v) is 5.13. The summed E-state index contributed by atoms with van der Waals surface area (Å²) in [7, 11) is 0. The van der Waals surface area contributed by atoms with Gasteiger partial charge in [-0.2, -0.15) is 5.26 Å². The molecular formula is C12H24N2. The van der Waals surface area contributed by atoms with Gasteiger partial charge in [0.1, 0.15) is 0 Å². The van der Waals surface area contributed by atoms with Gasteiger partial charge in [0.25, 0.3) is 0 Å². The summed E-state index contributed by atoms with van der Waals surface area (Å²) in [5.41, 5.74) is 0.344. The highest BCUT2D eigenvalue weighted by molar-refractivity contribution is 4.87. The van der Waals surface area contributed by atoms with E-state index in [4.69, 9.17) is 5.26 Å². The van der Waals surface area contributed by atoms with Crippen LogP contribution in [0.15, 0.2) is 0 Å². The fourth-order valence-electron chi connectivity index (χ4n) is 1.12. The summed E-state index contributed by atoms with van der Waals surface area (Å²) in [6.45, 7) is 12.7. The lowest BCUT2D eigenvalue weighted by molar-refractivity contribution is 0.313. The van der Waals surface area contributed by atoms with Crippen LogP contribution in [0.1, 0.15) is 41.0 Å². The molecule has 0 rings (SSSR count). The number of nitrogens with zero attached hydrogens (tertiary/aromatic N) is 1. The van der Waals surface area contributed by atoms with Crippen LogP contribution in [0.25, 0.3) is 0 Å². The fourth-order valence-corrected chi connectivity index (χ4v) is 1.12. The Morgan fingerprint density at radius 3 is 2.29 bits per heavy atom. The molecule has 1 atom stereocenters. The topological polar surface area (TPSA) is 35.8 Å². The molecule has 0 aliphatic heterocycles. The van der Waals surface area contributed by atoms with Crippen LogP contribution in [0.5, 0.6) is 0 Å². The van der Waals surface area contributed by atoms with Gasteiger partial charge < -0.3 is 5.32 Å². The van der Waals surface area contributed by atoms with Crippen molar-refractivity contribution in [1.29, 1.82) is 5.26 Å². The van der Waals surface area contributed by atoms with Gasteiger partial charge in [0.2, 0.25) is 0 Å². The van der Waals surface area contributed by atoms with E-state index in [2.05, 4.69) is 46.0 Å². The van der Waals surface area contributed by atoms with Crippen molar-refractivity contribution < 1.29 is 0 Å². The fraction of sp³-hybridized carbons (Fsp3) is 0.917. The smallest absolute Gasteiger partial charge is 0.0671 e. The van der Waals surface area contributed by atoms with Crippen molar-refractivity contribution in [2.75, 3.05) is 13.1 Å². The van der Waals surface area contributed by atoms with Gasteiger partial charge in [-0.3, -0.25) is 0 Å². The van der Waals surface area contributed by atoms with E-state index < -0.39 is 0 Å². The highest BCUT2D eigenvalue weighted by atomic mass is 14.9. The Morgan fingerprint density at radius 2 is 1.93 bits per heavy atom. The van der Waals surface area contributed by atoms with Crippen LogP contribution >= 0.6 is 0 Å². The number of nitriles is 1. The molecule has 82 valence electrons. The van der Waals surface area contributed by atoms with Crippen molar-refractivity contribution in [3.8, 4) is 6.07 Å². The first-order chi connectivity index (χ1) is 6.43. The average molecular weight is 196 g/mol. The summed E-state index contributed by atoms with van der Waals surface area (Å²) in [4.78, 5) is 0. The molecular weight excluding hydrogens is 172 g/mol. The quantitative estimate of drug-likeness (QED) is 0.709. The van der Waals surface area contributed by atoms with Gasteiger partial charge >= 0.3 is 0 Å². The zero-order valence-electron chi connectivity index (χ0n) is 10.2. The summed E-state index contributed by atoms with van der Waals surface area (Å²) in [5, 5.41) is 12.3. The van der Waals surface area contributed by atoms with Crippen LogP contribution in [0.2, 0.25) is 0 Å². The predicted molar refractivity (Wildman–Crippen MR) is 60.9 cm³/mol. The van der Waals surface area contributed by atoms with E-state index in [9.17, 15) is 0 Å². The Labute approximate surface area is 88.7 Å². The maximum absolute atomic E-state index is 8.89. The molecule has 0 spiro atoms. The normalized spacial score (nSPS) is 14.1. The van der Waals surface area contributed by atoms with E-state index in [0.717, 1.165) is 13.1 Å². The van der Waals surface area contributed by atoms with Gasteiger partial charge in [-0.25, -0.2) is 0 Å². The van der Waals surface area contributed by atoms with E-state index in [0.29, 0.717) is 11.3 Å². The lowest BCUT2D eigenvalue weighted by atomic mass is 9.90. The van der Waals surface area contributed by atoms with Crippen LogP contribution in [0, 0.1) is 28.6 Å². The predicted octanol–water partition coefficient (Wildman–Crippen LogP) is 2.81. The molecule has 0 aromatic rings. The maximum Gasteiger partial charge on any atom is 0.0671 e. The Hall–Kier alpha value is -0.550. The Balaban J connectivity index is 3.79. The first kappa shape index (κ1) is 13.4. The molecule has 2 nitrogen and oxygen atoms in total. The zero-order chi connectivity index (χ0) is 11.2. The first-order valence-electron chi connectivity index (χ1n) is 5.53. The van der Waals surface area contributed by atoms with Crippen molar-refractivity contribution in [3.63, 3.8) is 0 Å². The van der Waals surface area contributed by atoms with E-state index in [-0.39, 0.29) is 5.92 Å². The molecule has 0 saturated heterocycles. The molecule has 2 heteroatoms. The molecule has 0 amide bonds. The van der Waals surface area contributed by atoms with Gasteiger partial charge in [-0.1, -0.05) is 34.6 Å². The minimum Gasteiger partial charge on any atom is -0.315 e. The molecule has 1 unspecified atom stereocenters. The third-order valence-electron chi connectivity index (χ3n) is 2.90. The second-order valence-electron chi connectivity index (χ2n) is 5.13. The van der Waals surface area contributed by atoms with Gasteiger partial charge in [0, 0.05) is 13.1 Å². The van der Waals surface area contributed by atoms with Crippen LogP contribution in [-0.2, 0) is 0 Å². The Morgan fingerprint density at radius 1 is 1.36 bits per heavy atom. The van der Waals surface area contributed by atoms with Gasteiger partial charge in [-0.05, 0) is 17.8 Å². The molecule has 0 aliphatic carbocycles. The SMILES string of the molecule is CCC(C)(C)CNCC(C#N)C(C)C. The lowest BCUT2D eigenvalue weighted by Gasteiger charge is -2.24. The van der Waals surface area contributed by atoms with Crippen molar-refractivity contribution >= 4 is 0 Å². The Kier molecular flexibility index (Phi) is 5.79. The largest absolute Gasteiger partial charge is 0.315 e. The second kappa shape index (κ2) is 6.03. The highest BCUT2D eigenvalue weighted by Crippen LogP contribution is 2.18. The molecule has 0 bridgehead atoms. The van der Waals surface area contributed by atoms with E-state index in [1.807, 2.05) is 0 Å². The molecule has 14 heavy (non-hydrogen) atoms. The molecule has 0 radical (unpaired) electrons. The van der Waals surface area contributed by atoms with Crippen LogP contribution < -0.4 is 5.32 Å². The van der Waals surface area contributed by atoms with Gasteiger partial charge in [-0.15, -0.1) is 0 Å². The third-order valence-corrected chi connectivity index (χ3v) is 2.90. The number of hydrogen-bond donors (Lipinski definition) is 1. The summed E-state index contributed by atoms with van der Waals surface area (Å²) in [5.74, 6) is 0.583.